The molecule has 2 amide bonds. The minimum atomic E-state index is -0.185. The molecule has 1 saturated heterocycles. The maximum atomic E-state index is 12.9. The highest BCUT2D eigenvalue weighted by Gasteiger charge is 2.32. The van der Waals surface area contributed by atoms with E-state index in [1.54, 1.807) is 21.7 Å². The Morgan fingerprint density at radius 2 is 1.79 bits per heavy atom. The fraction of sp³-hybridized carbons (Fsp3) is 0.500. The van der Waals surface area contributed by atoms with E-state index < -0.39 is 0 Å². The number of piperazine rings is 1. The van der Waals surface area contributed by atoms with Crippen molar-refractivity contribution in [3.05, 3.63) is 40.9 Å². The molecule has 1 unspecified atom stereocenters. The molecule has 2 fully saturated rings. The van der Waals surface area contributed by atoms with E-state index in [0.29, 0.717) is 43.1 Å². The van der Waals surface area contributed by atoms with Crippen molar-refractivity contribution < 1.29 is 9.59 Å². The number of hydrogen-bond donors (Lipinski definition) is 1. The Labute approximate surface area is 174 Å². The highest BCUT2D eigenvalue weighted by atomic mass is 35.5. The van der Waals surface area contributed by atoms with Gasteiger partial charge in [0.1, 0.15) is 5.82 Å². The van der Waals surface area contributed by atoms with Crippen molar-refractivity contribution in [2.24, 2.45) is 0 Å². The van der Waals surface area contributed by atoms with Crippen molar-refractivity contribution in [2.75, 3.05) is 26.2 Å². The smallest absolute Gasteiger partial charge is 0.293 e. The van der Waals surface area contributed by atoms with Gasteiger partial charge in [0, 0.05) is 37.2 Å². The van der Waals surface area contributed by atoms with Crippen LogP contribution in [0.2, 0.25) is 5.02 Å². The molecule has 9 heteroatoms. The number of aromatic nitrogens is 3. The van der Waals surface area contributed by atoms with Crippen molar-refractivity contribution in [1.29, 1.82) is 0 Å². The molecule has 0 bridgehead atoms. The topological polar surface area (TPSA) is 83.4 Å². The van der Waals surface area contributed by atoms with Crippen LogP contribution in [-0.4, -0.2) is 74.6 Å². The van der Waals surface area contributed by atoms with Gasteiger partial charge in [-0.2, -0.15) is 0 Å². The highest BCUT2D eigenvalue weighted by Crippen LogP contribution is 2.19. The second-order valence-corrected chi connectivity index (χ2v) is 8.09. The Kier molecular flexibility index (Phi) is 5.56. The lowest BCUT2D eigenvalue weighted by atomic mass is 10.2. The average molecular weight is 417 g/mol. The first-order chi connectivity index (χ1) is 13.9. The quantitative estimate of drug-likeness (QED) is 0.801. The third-order valence-corrected chi connectivity index (χ3v) is 5.74. The maximum Gasteiger partial charge on any atom is 0.293 e. The Morgan fingerprint density at radius 3 is 2.41 bits per heavy atom. The summed E-state index contributed by atoms with van der Waals surface area (Å²) in [6.45, 7) is 6.15. The molecule has 29 heavy (non-hydrogen) atoms. The van der Waals surface area contributed by atoms with E-state index in [1.165, 1.54) is 0 Å². The number of hydrogen-bond acceptors (Lipinski definition) is 5. The molecule has 1 aliphatic carbocycles. The van der Waals surface area contributed by atoms with E-state index in [4.69, 9.17) is 11.6 Å². The minimum Gasteiger partial charge on any atom is -0.352 e. The van der Waals surface area contributed by atoms with Crippen LogP contribution in [0.5, 0.6) is 0 Å². The number of rotatable bonds is 5. The van der Waals surface area contributed by atoms with Crippen LogP contribution in [0.15, 0.2) is 24.3 Å². The molecule has 1 atom stereocenters. The molecule has 2 heterocycles. The predicted octanol–water partition coefficient (Wildman–Crippen LogP) is 1.65. The largest absolute Gasteiger partial charge is 0.352 e. The van der Waals surface area contributed by atoms with Crippen LogP contribution < -0.4 is 5.32 Å². The molecule has 2 aromatic rings. The van der Waals surface area contributed by atoms with Gasteiger partial charge in [-0.15, -0.1) is 5.10 Å². The predicted molar refractivity (Wildman–Crippen MR) is 109 cm³/mol. The number of aryl methyl sites for hydroxylation is 1. The molecule has 0 spiro atoms. The summed E-state index contributed by atoms with van der Waals surface area (Å²) < 4.78 is 1.64. The Bertz CT molecular complexity index is 900. The molecule has 4 rings (SSSR count). The first-order valence-corrected chi connectivity index (χ1v) is 10.3. The van der Waals surface area contributed by atoms with Gasteiger partial charge in [0.2, 0.25) is 11.7 Å². The number of amides is 2. The van der Waals surface area contributed by atoms with Gasteiger partial charge in [-0.05, 0) is 51.0 Å². The lowest BCUT2D eigenvalue weighted by molar-refractivity contribution is -0.126. The fourth-order valence-corrected chi connectivity index (χ4v) is 3.60. The lowest BCUT2D eigenvalue weighted by Crippen LogP contribution is -2.55. The highest BCUT2D eigenvalue weighted by molar-refractivity contribution is 6.30. The fourth-order valence-electron chi connectivity index (χ4n) is 3.48. The summed E-state index contributed by atoms with van der Waals surface area (Å²) in [5, 5.41) is 8.09. The number of nitrogens with zero attached hydrogens (tertiary/aromatic N) is 5. The van der Waals surface area contributed by atoms with Crippen LogP contribution in [0.3, 0.4) is 0 Å². The molecular formula is C20H25ClN6O2. The Balaban J connectivity index is 1.37. The maximum absolute atomic E-state index is 12.9. The molecule has 1 aromatic heterocycles. The van der Waals surface area contributed by atoms with Crippen LogP contribution in [-0.2, 0) is 4.79 Å². The molecular weight excluding hydrogens is 392 g/mol. The molecule has 0 radical (unpaired) electrons. The first kappa shape index (κ1) is 19.8. The van der Waals surface area contributed by atoms with Crippen molar-refractivity contribution >= 4 is 23.4 Å². The monoisotopic (exact) mass is 416 g/mol. The van der Waals surface area contributed by atoms with E-state index in [-0.39, 0.29) is 23.7 Å². The Hall–Kier alpha value is -2.45. The van der Waals surface area contributed by atoms with E-state index in [2.05, 4.69) is 20.3 Å². The van der Waals surface area contributed by atoms with Crippen molar-refractivity contribution in [3.8, 4) is 5.69 Å². The van der Waals surface area contributed by atoms with Crippen LogP contribution in [0.25, 0.3) is 5.69 Å². The van der Waals surface area contributed by atoms with Gasteiger partial charge in [-0.25, -0.2) is 9.67 Å². The summed E-state index contributed by atoms with van der Waals surface area (Å²) in [5.41, 5.74) is 0.804. The molecule has 8 nitrogen and oxygen atoms in total. The van der Waals surface area contributed by atoms with Gasteiger partial charge in [0.15, 0.2) is 0 Å². The number of halogens is 1. The zero-order chi connectivity index (χ0) is 20.5. The number of benzene rings is 1. The van der Waals surface area contributed by atoms with Crippen molar-refractivity contribution in [2.45, 2.75) is 38.8 Å². The van der Waals surface area contributed by atoms with Crippen LogP contribution in [0.4, 0.5) is 0 Å². The molecule has 1 saturated carbocycles. The summed E-state index contributed by atoms with van der Waals surface area (Å²) in [4.78, 5) is 33.4. The van der Waals surface area contributed by atoms with Gasteiger partial charge in [-0.3, -0.25) is 14.5 Å². The van der Waals surface area contributed by atoms with Crippen LogP contribution in [0, 0.1) is 6.92 Å². The van der Waals surface area contributed by atoms with Crippen molar-refractivity contribution in [3.63, 3.8) is 0 Å². The van der Waals surface area contributed by atoms with Gasteiger partial charge in [0.25, 0.3) is 5.91 Å². The zero-order valence-electron chi connectivity index (χ0n) is 16.6. The van der Waals surface area contributed by atoms with E-state index in [1.807, 2.05) is 26.0 Å². The number of nitrogens with one attached hydrogen (secondary N) is 1. The minimum absolute atomic E-state index is 0.0753. The van der Waals surface area contributed by atoms with E-state index in [0.717, 1.165) is 18.5 Å². The third-order valence-electron chi connectivity index (χ3n) is 5.48. The molecule has 1 N–H and O–H groups in total. The summed E-state index contributed by atoms with van der Waals surface area (Å²) in [6.07, 6.45) is 2.16. The summed E-state index contributed by atoms with van der Waals surface area (Å²) in [5.74, 6) is 0.715. The zero-order valence-corrected chi connectivity index (χ0v) is 17.4. The Morgan fingerprint density at radius 1 is 1.14 bits per heavy atom. The molecule has 1 aliphatic heterocycles. The SMILES string of the molecule is Cc1nc(C(=O)N2CCN(C(C)C(=O)NC3CC3)CC2)nn1-c1ccc(Cl)cc1. The van der Waals surface area contributed by atoms with E-state index in [9.17, 15) is 9.59 Å². The number of carbonyl (C=O) groups is 2. The van der Waals surface area contributed by atoms with Gasteiger partial charge in [-0.1, -0.05) is 11.6 Å². The van der Waals surface area contributed by atoms with Crippen molar-refractivity contribution in [1.82, 2.24) is 29.9 Å². The van der Waals surface area contributed by atoms with E-state index >= 15 is 0 Å². The standard InChI is InChI=1S/C20H25ClN6O2/c1-13(19(28)23-16-5-6-16)25-9-11-26(12-10-25)20(29)18-22-14(2)27(24-18)17-7-3-15(21)4-8-17/h3-4,7-8,13,16H,5-6,9-12H2,1-2H3,(H,23,28). The second-order valence-electron chi connectivity index (χ2n) is 7.66. The van der Waals surface area contributed by atoms with Gasteiger partial charge in [0.05, 0.1) is 11.7 Å². The lowest BCUT2D eigenvalue weighted by Gasteiger charge is -2.37. The summed E-state index contributed by atoms with van der Waals surface area (Å²) >= 11 is 5.94. The average Bonchev–Trinajstić information content (AvgIpc) is 3.46. The summed E-state index contributed by atoms with van der Waals surface area (Å²) in [7, 11) is 0. The number of carbonyl (C=O) groups excluding carboxylic acids is 2. The van der Waals surface area contributed by atoms with Crippen LogP contribution in [0.1, 0.15) is 36.2 Å². The van der Waals surface area contributed by atoms with Gasteiger partial charge >= 0.3 is 0 Å². The van der Waals surface area contributed by atoms with Crippen LogP contribution >= 0.6 is 11.6 Å². The first-order valence-electron chi connectivity index (χ1n) is 9.95. The van der Waals surface area contributed by atoms with Gasteiger partial charge < -0.3 is 10.2 Å². The molecule has 154 valence electrons. The molecule has 2 aliphatic rings. The molecule has 1 aromatic carbocycles. The normalized spacial score (nSPS) is 18.5. The third kappa shape index (κ3) is 4.43. The summed E-state index contributed by atoms with van der Waals surface area (Å²) in [6, 6.07) is 7.41. The second kappa shape index (κ2) is 8.12.